The Labute approximate surface area is 121 Å². The zero-order valence-electron chi connectivity index (χ0n) is 12.4. The van der Waals surface area contributed by atoms with E-state index in [9.17, 15) is 0 Å². The Morgan fingerprint density at radius 1 is 1.25 bits per heavy atom. The number of aromatic nitrogens is 2. The van der Waals surface area contributed by atoms with Crippen molar-refractivity contribution in [3.63, 3.8) is 0 Å². The highest BCUT2D eigenvalue weighted by Crippen LogP contribution is 2.10. The van der Waals surface area contributed by atoms with E-state index < -0.39 is 0 Å². The van der Waals surface area contributed by atoms with Gasteiger partial charge in [-0.25, -0.2) is 0 Å². The van der Waals surface area contributed by atoms with E-state index in [0.29, 0.717) is 0 Å². The molecule has 20 heavy (non-hydrogen) atoms. The van der Waals surface area contributed by atoms with Crippen LogP contribution in [0.15, 0.2) is 42.7 Å². The van der Waals surface area contributed by atoms with Gasteiger partial charge in [0, 0.05) is 44.1 Å². The molecule has 0 saturated heterocycles. The molecule has 0 unspecified atom stereocenters. The van der Waals surface area contributed by atoms with E-state index >= 15 is 0 Å². The van der Waals surface area contributed by atoms with Gasteiger partial charge in [0.25, 0.3) is 0 Å². The van der Waals surface area contributed by atoms with Crippen molar-refractivity contribution in [2.75, 3.05) is 25.0 Å². The molecule has 0 spiro atoms. The van der Waals surface area contributed by atoms with E-state index in [0.717, 1.165) is 32.6 Å². The predicted octanol–water partition coefficient (Wildman–Crippen LogP) is 2.52. The van der Waals surface area contributed by atoms with Gasteiger partial charge in [-0.1, -0.05) is 18.2 Å². The average Bonchev–Trinajstić information content (AvgIpc) is 2.95. The lowest BCUT2D eigenvalue weighted by Crippen LogP contribution is -2.23. The summed E-state index contributed by atoms with van der Waals surface area (Å²) in [6.07, 6.45) is 5.17. The Morgan fingerprint density at radius 2 is 2.05 bits per heavy atom. The summed E-state index contributed by atoms with van der Waals surface area (Å²) in [6.45, 7) is 6.01. The van der Waals surface area contributed by atoms with Crippen LogP contribution >= 0.6 is 0 Å². The van der Waals surface area contributed by atoms with E-state index in [1.54, 1.807) is 0 Å². The number of anilines is 1. The molecule has 0 fully saturated rings. The number of nitrogens with zero attached hydrogens (tertiary/aromatic N) is 3. The van der Waals surface area contributed by atoms with Crippen LogP contribution in [0.2, 0.25) is 0 Å². The van der Waals surface area contributed by atoms with E-state index in [2.05, 4.69) is 65.8 Å². The van der Waals surface area contributed by atoms with Crippen molar-refractivity contribution >= 4 is 5.69 Å². The Morgan fingerprint density at radius 3 is 2.75 bits per heavy atom. The zero-order valence-corrected chi connectivity index (χ0v) is 12.4. The van der Waals surface area contributed by atoms with Gasteiger partial charge in [-0.2, -0.15) is 5.10 Å². The standard InChI is InChI=1S/C16H24N4/c1-3-20-14-15(13-18-20)12-17-10-7-11-19(2)16-8-5-4-6-9-16/h4-6,8-9,13-14,17H,3,7,10-12H2,1-2H3. The van der Waals surface area contributed by atoms with Gasteiger partial charge in [-0.05, 0) is 32.0 Å². The SMILES string of the molecule is CCn1cc(CNCCCN(C)c2ccccc2)cn1. The van der Waals surface area contributed by atoms with Gasteiger partial charge in [-0.3, -0.25) is 4.68 Å². The van der Waals surface area contributed by atoms with Crippen molar-refractivity contribution in [3.05, 3.63) is 48.3 Å². The highest BCUT2D eigenvalue weighted by molar-refractivity contribution is 5.44. The minimum absolute atomic E-state index is 0.898. The molecule has 4 heteroatoms. The minimum Gasteiger partial charge on any atom is -0.375 e. The van der Waals surface area contributed by atoms with Gasteiger partial charge in [0.15, 0.2) is 0 Å². The van der Waals surface area contributed by atoms with Gasteiger partial charge in [0.2, 0.25) is 0 Å². The van der Waals surface area contributed by atoms with E-state index in [4.69, 9.17) is 0 Å². The number of hydrogen-bond acceptors (Lipinski definition) is 3. The molecule has 2 aromatic rings. The molecule has 1 aromatic heterocycles. The van der Waals surface area contributed by atoms with Crippen LogP contribution in [-0.2, 0) is 13.1 Å². The minimum atomic E-state index is 0.898. The Kier molecular flexibility index (Phi) is 5.62. The van der Waals surface area contributed by atoms with Crippen LogP contribution in [0.3, 0.4) is 0 Å². The number of hydrogen-bond donors (Lipinski definition) is 1. The lowest BCUT2D eigenvalue weighted by atomic mass is 10.3. The summed E-state index contributed by atoms with van der Waals surface area (Å²) in [4.78, 5) is 2.29. The normalized spacial score (nSPS) is 10.7. The third kappa shape index (κ3) is 4.38. The zero-order chi connectivity index (χ0) is 14.2. The maximum atomic E-state index is 4.27. The quantitative estimate of drug-likeness (QED) is 0.750. The topological polar surface area (TPSA) is 33.1 Å². The Bertz CT molecular complexity index is 492. The van der Waals surface area contributed by atoms with Crippen molar-refractivity contribution in [1.82, 2.24) is 15.1 Å². The first-order valence-corrected chi connectivity index (χ1v) is 7.28. The molecule has 0 amide bonds. The highest BCUT2D eigenvalue weighted by atomic mass is 15.3. The van der Waals surface area contributed by atoms with Gasteiger partial charge in [0.05, 0.1) is 6.20 Å². The van der Waals surface area contributed by atoms with E-state index in [-0.39, 0.29) is 0 Å². The van der Waals surface area contributed by atoms with Crippen LogP contribution in [0.25, 0.3) is 0 Å². The molecule has 0 aliphatic heterocycles. The van der Waals surface area contributed by atoms with Crippen LogP contribution in [0.1, 0.15) is 18.9 Å². The summed E-state index contributed by atoms with van der Waals surface area (Å²) < 4.78 is 1.96. The molecule has 108 valence electrons. The molecule has 4 nitrogen and oxygen atoms in total. The second-order valence-electron chi connectivity index (χ2n) is 4.99. The number of rotatable bonds is 8. The monoisotopic (exact) mass is 272 g/mol. The smallest absolute Gasteiger partial charge is 0.0534 e. The summed E-state index contributed by atoms with van der Waals surface area (Å²) in [5, 5.41) is 7.74. The Hall–Kier alpha value is -1.81. The lowest BCUT2D eigenvalue weighted by Gasteiger charge is -2.19. The van der Waals surface area contributed by atoms with E-state index in [1.165, 1.54) is 11.3 Å². The first-order chi connectivity index (χ1) is 9.79. The number of benzene rings is 1. The van der Waals surface area contributed by atoms with Crippen LogP contribution in [-0.4, -0.2) is 29.9 Å². The van der Waals surface area contributed by atoms with Crippen molar-refractivity contribution in [3.8, 4) is 0 Å². The number of para-hydroxylation sites is 1. The molecule has 0 aliphatic rings. The maximum Gasteiger partial charge on any atom is 0.0534 e. The summed E-state index contributed by atoms with van der Waals surface area (Å²) in [5.41, 5.74) is 2.53. The largest absolute Gasteiger partial charge is 0.375 e. The lowest BCUT2D eigenvalue weighted by molar-refractivity contribution is 0.641. The maximum absolute atomic E-state index is 4.27. The third-order valence-corrected chi connectivity index (χ3v) is 3.38. The van der Waals surface area contributed by atoms with Crippen LogP contribution in [0.4, 0.5) is 5.69 Å². The fourth-order valence-corrected chi connectivity index (χ4v) is 2.16. The molecular weight excluding hydrogens is 248 g/mol. The van der Waals surface area contributed by atoms with Gasteiger partial charge >= 0.3 is 0 Å². The number of nitrogens with one attached hydrogen (secondary N) is 1. The summed E-state index contributed by atoms with van der Waals surface area (Å²) >= 11 is 0. The molecule has 0 atom stereocenters. The van der Waals surface area contributed by atoms with E-state index in [1.807, 2.05) is 10.9 Å². The molecule has 1 N–H and O–H groups in total. The van der Waals surface area contributed by atoms with Gasteiger partial charge < -0.3 is 10.2 Å². The molecule has 0 saturated carbocycles. The fourth-order valence-electron chi connectivity index (χ4n) is 2.16. The molecule has 1 heterocycles. The second kappa shape index (κ2) is 7.70. The summed E-state index contributed by atoms with van der Waals surface area (Å²) in [6, 6.07) is 10.5. The molecule has 0 radical (unpaired) electrons. The number of aryl methyl sites for hydroxylation is 1. The van der Waals surface area contributed by atoms with Crippen molar-refractivity contribution in [2.45, 2.75) is 26.4 Å². The predicted molar refractivity (Wildman–Crippen MR) is 83.9 cm³/mol. The molecule has 2 rings (SSSR count). The second-order valence-corrected chi connectivity index (χ2v) is 4.99. The van der Waals surface area contributed by atoms with Gasteiger partial charge in [0.1, 0.15) is 0 Å². The van der Waals surface area contributed by atoms with Crippen molar-refractivity contribution in [2.24, 2.45) is 0 Å². The molecular formula is C16H24N4. The Balaban J connectivity index is 1.62. The average molecular weight is 272 g/mol. The highest BCUT2D eigenvalue weighted by Gasteiger charge is 2.00. The first-order valence-electron chi connectivity index (χ1n) is 7.28. The van der Waals surface area contributed by atoms with Crippen molar-refractivity contribution < 1.29 is 0 Å². The fraction of sp³-hybridized carbons (Fsp3) is 0.438. The van der Waals surface area contributed by atoms with Crippen LogP contribution in [0, 0.1) is 0 Å². The molecule has 0 aliphatic carbocycles. The van der Waals surface area contributed by atoms with Gasteiger partial charge in [-0.15, -0.1) is 0 Å². The van der Waals surface area contributed by atoms with Crippen molar-refractivity contribution in [1.29, 1.82) is 0 Å². The van der Waals surface area contributed by atoms with Crippen LogP contribution < -0.4 is 10.2 Å². The van der Waals surface area contributed by atoms with Crippen LogP contribution in [0.5, 0.6) is 0 Å². The molecule has 0 bridgehead atoms. The summed E-state index contributed by atoms with van der Waals surface area (Å²) in [7, 11) is 2.14. The third-order valence-electron chi connectivity index (χ3n) is 3.38. The summed E-state index contributed by atoms with van der Waals surface area (Å²) in [5.74, 6) is 0. The molecule has 1 aromatic carbocycles. The first kappa shape index (κ1) is 14.6.